The van der Waals surface area contributed by atoms with Crippen LogP contribution in [-0.4, -0.2) is 21.6 Å². The predicted molar refractivity (Wildman–Crippen MR) is 91.3 cm³/mol. The predicted octanol–water partition coefficient (Wildman–Crippen LogP) is 1.77. The molecule has 2 aromatic heterocycles. The Kier molecular flexibility index (Phi) is 4.56. The summed E-state index contributed by atoms with van der Waals surface area (Å²) in [4.78, 5) is 21.1. The molecular formula is C18H18N5O+. The molecule has 0 spiro atoms. The maximum Gasteiger partial charge on any atom is 0.305 e. The molecule has 0 aliphatic carbocycles. The van der Waals surface area contributed by atoms with Crippen molar-refractivity contribution in [2.75, 3.05) is 0 Å². The van der Waals surface area contributed by atoms with E-state index in [4.69, 9.17) is 0 Å². The average molecular weight is 320 g/mol. The molecule has 0 radical (unpaired) electrons. The van der Waals surface area contributed by atoms with Crippen molar-refractivity contribution >= 4 is 22.7 Å². The number of aryl methyl sites for hydroxylation is 1. The first kappa shape index (κ1) is 15.7. The van der Waals surface area contributed by atoms with Gasteiger partial charge in [0.2, 0.25) is 6.54 Å². The first-order chi connectivity index (χ1) is 11.6. The number of carbonyl (C=O) groups is 1. The SMILES string of the molecule is C/C(=N/NC(=O)C[n+]1ccccc1)c1nc2ccccc2nc1C. The Balaban J connectivity index is 1.76. The number of aromatic nitrogens is 3. The number of nitrogens with zero attached hydrogens (tertiary/aromatic N) is 4. The number of fused-ring (bicyclic) bond motifs is 1. The number of carbonyl (C=O) groups excluding carboxylic acids is 1. The van der Waals surface area contributed by atoms with Crippen molar-refractivity contribution in [2.45, 2.75) is 20.4 Å². The van der Waals surface area contributed by atoms with Crippen LogP contribution in [-0.2, 0) is 11.3 Å². The van der Waals surface area contributed by atoms with Crippen LogP contribution >= 0.6 is 0 Å². The summed E-state index contributed by atoms with van der Waals surface area (Å²) in [6.07, 6.45) is 3.66. The highest BCUT2D eigenvalue weighted by atomic mass is 16.2. The normalized spacial score (nSPS) is 11.5. The second-order valence-electron chi connectivity index (χ2n) is 5.43. The Morgan fingerprint density at radius 2 is 1.75 bits per heavy atom. The molecule has 6 nitrogen and oxygen atoms in total. The zero-order valence-corrected chi connectivity index (χ0v) is 13.6. The molecule has 6 heteroatoms. The van der Waals surface area contributed by atoms with E-state index in [0.29, 0.717) is 11.4 Å². The number of nitrogens with one attached hydrogen (secondary N) is 1. The van der Waals surface area contributed by atoms with Gasteiger partial charge in [-0.1, -0.05) is 18.2 Å². The van der Waals surface area contributed by atoms with E-state index in [-0.39, 0.29) is 12.5 Å². The van der Waals surface area contributed by atoms with Gasteiger partial charge in [0, 0.05) is 12.1 Å². The molecule has 0 bridgehead atoms. The molecule has 120 valence electrons. The van der Waals surface area contributed by atoms with Crippen LogP contribution in [0.3, 0.4) is 0 Å². The number of hydrogen-bond acceptors (Lipinski definition) is 4. The summed E-state index contributed by atoms with van der Waals surface area (Å²) >= 11 is 0. The lowest BCUT2D eigenvalue weighted by Crippen LogP contribution is -2.41. The fourth-order valence-electron chi connectivity index (χ4n) is 2.37. The highest BCUT2D eigenvalue weighted by molar-refractivity contribution is 5.99. The quantitative estimate of drug-likeness (QED) is 0.452. The Hall–Kier alpha value is -3.15. The lowest BCUT2D eigenvalue weighted by molar-refractivity contribution is -0.684. The van der Waals surface area contributed by atoms with Gasteiger partial charge in [-0.25, -0.2) is 15.4 Å². The van der Waals surface area contributed by atoms with Crippen molar-refractivity contribution < 1.29 is 9.36 Å². The van der Waals surface area contributed by atoms with Crippen LogP contribution in [0.15, 0.2) is 60.0 Å². The van der Waals surface area contributed by atoms with Gasteiger partial charge in [-0.2, -0.15) is 9.67 Å². The highest BCUT2D eigenvalue weighted by Crippen LogP contribution is 2.12. The summed E-state index contributed by atoms with van der Waals surface area (Å²) in [5.41, 5.74) is 6.30. The van der Waals surface area contributed by atoms with E-state index in [1.807, 2.05) is 68.7 Å². The summed E-state index contributed by atoms with van der Waals surface area (Å²) in [5, 5.41) is 4.16. The minimum absolute atomic E-state index is 0.197. The largest absolute Gasteiger partial charge is 0.305 e. The number of benzene rings is 1. The number of hydrogen-bond donors (Lipinski definition) is 1. The van der Waals surface area contributed by atoms with Crippen LogP contribution in [0.4, 0.5) is 0 Å². The molecule has 1 N–H and O–H groups in total. The Labute approximate surface area is 139 Å². The van der Waals surface area contributed by atoms with E-state index in [9.17, 15) is 4.79 Å². The molecule has 3 rings (SSSR count). The minimum Gasteiger partial charge on any atom is -0.266 e. The summed E-state index contributed by atoms with van der Waals surface area (Å²) in [6, 6.07) is 13.3. The zero-order valence-electron chi connectivity index (χ0n) is 13.6. The molecule has 1 amide bonds. The molecule has 0 aliphatic heterocycles. The molecule has 0 fully saturated rings. The van der Waals surface area contributed by atoms with Gasteiger partial charge in [-0.3, -0.25) is 4.79 Å². The summed E-state index contributed by atoms with van der Waals surface area (Å²) < 4.78 is 1.78. The van der Waals surface area contributed by atoms with Crippen molar-refractivity contribution in [3.8, 4) is 0 Å². The third-order valence-electron chi connectivity index (χ3n) is 3.54. The fourth-order valence-corrected chi connectivity index (χ4v) is 2.37. The van der Waals surface area contributed by atoms with Crippen LogP contribution < -0.4 is 9.99 Å². The number of pyridine rings is 1. The highest BCUT2D eigenvalue weighted by Gasteiger charge is 2.10. The third kappa shape index (κ3) is 3.60. The fraction of sp³-hybridized carbons (Fsp3) is 0.167. The lowest BCUT2D eigenvalue weighted by Gasteiger charge is -2.06. The van der Waals surface area contributed by atoms with Crippen LogP contribution in [0.25, 0.3) is 11.0 Å². The number of hydrazone groups is 1. The van der Waals surface area contributed by atoms with E-state index in [1.54, 1.807) is 4.57 Å². The van der Waals surface area contributed by atoms with Crippen LogP contribution in [0.2, 0.25) is 0 Å². The third-order valence-corrected chi connectivity index (χ3v) is 3.54. The van der Waals surface area contributed by atoms with E-state index in [2.05, 4.69) is 20.5 Å². The van der Waals surface area contributed by atoms with Gasteiger partial charge in [-0.05, 0) is 26.0 Å². The van der Waals surface area contributed by atoms with E-state index in [1.165, 1.54) is 0 Å². The molecule has 0 aliphatic rings. The number of rotatable bonds is 4. The average Bonchev–Trinajstić information content (AvgIpc) is 2.60. The van der Waals surface area contributed by atoms with Crippen LogP contribution in [0.1, 0.15) is 18.3 Å². The van der Waals surface area contributed by atoms with Gasteiger partial charge in [0.05, 0.1) is 22.4 Å². The topological polar surface area (TPSA) is 71.1 Å². The first-order valence-electron chi connectivity index (χ1n) is 7.64. The second-order valence-corrected chi connectivity index (χ2v) is 5.43. The Morgan fingerprint density at radius 1 is 1.08 bits per heavy atom. The van der Waals surface area contributed by atoms with Crippen molar-refractivity contribution in [2.24, 2.45) is 5.10 Å². The smallest absolute Gasteiger partial charge is 0.266 e. The molecule has 24 heavy (non-hydrogen) atoms. The Morgan fingerprint density at radius 3 is 2.46 bits per heavy atom. The molecule has 3 aromatic rings. The standard InChI is InChI=1S/C18H17N5O/c1-13-18(20-16-9-5-4-8-15(16)19-13)14(2)21-22-17(24)12-23-10-6-3-7-11-23/h3-11H,12H2,1-2H3/p+1. The van der Waals surface area contributed by atoms with E-state index >= 15 is 0 Å². The van der Waals surface area contributed by atoms with Gasteiger partial charge in [0.1, 0.15) is 5.69 Å². The van der Waals surface area contributed by atoms with Gasteiger partial charge in [0.15, 0.2) is 12.4 Å². The lowest BCUT2D eigenvalue weighted by atomic mass is 10.2. The maximum absolute atomic E-state index is 12.0. The van der Waals surface area contributed by atoms with Crippen LogP contribution in [0, 0.1) is 6.92 Å². The Bertz CT molecular complexity index is 906. The molecular weight excluding hydrogens is 302 g/mol. The summed E-state index contributed by atoms with van der Waals surface area (Å²) in [7, 11) is 0. The molecule has 0 saturated heterocycles. The monoisotopic (exact) mass is 320 g/mol. The van der Waals surface area contributed by atoms with Gasteiger partial charge in [0.25, 0.3) is 0 Å². The number of amides is 1. The second kappa shape index (κ2) is 6.95. The minimum atomic E-state index is -0.197. The first-order valence-corrected chi connectivity index (χ1v) is 7.64. The van der Waals surface area contributed by atoms with Crippen molar-refractivity contribution in [3.05, 3.63) is 66.2 Å². The van der Waals surface area contributed by atoms with E-state index in [0.717, 1.165) is 16.7 Å². The van der Waals surface area contributed by atoms with Crippen molar-refractivity contribution in [3.63, 3.8) is 0 Å². The molecule has 2 heterocycles. The van der Waals surface area contributed by atoms with Crippen molar-refractivity contribution in [1.29, 1.82) is 0 Å². The molecule has 0 unspecified atom stereocenters. The van der Waals surface area contributed by atoms with Crippen molar-refractivity contribution in [1.82, 2.24) is 15.4 Å². The van der Waals surface area contributed by atoms with Crippen LogP contribution in [0.5, 0.6) is 0 Å². The van der Waals surface area contributed by atoms with E-state index < -0.39 is 0 Å². The van der Waals surface area contributed by atoms with Gasteiger partial charge >= 0.3 is 5.91 Å². The summed E-state index contributed by atoms with van der Waals surface area (Å²) in [5.74, 6) is -0.197. The van der Waals surface area contributed by atoms with Gasteiger partial charge in [-0.15, -0.1) is 0 Å². The maximum atomic E-state index is 12.0. The number of para-hydroxylation sites is 2. The zero-order chi connectivity index (χ0) is 16.9. The van der Waals surface area contributed by atoms with Gasteiger partial charge < -0.3 is 0 Å². The molecule has 1 aromatic carbocycles. The molecule has 0 atom stereocenters. The summed E-state index contributed by atoms with van der Waals surface area (Å²) in [6.45, 7) is 3.90. The molecule has 0 saturated carbocycles.